The minimum absolute atomic E-state index is 0.281. The van der Waals surface area contributed by atoms with Gasteiger partial charge >= 0.3 is 0 Å². The maximum absolute atomic E-state index is 11.5. The predicted octanol–water partition coefficient (Wildman–Crippen LogP) is 6.84. The average Bonchev–Trinajstić information content (AvgIpc) is 3.02. The van der Waals surface area contributed by atoms with Crippen LogP contribution in [-0.2, 0) is 43.5 Å². The molecule has 0 saturated carbocycles. The van der Waals surface area contributed by atoms with Gasteiger partial charge in [0.05, 0.1) is 26.4 Å². The summed E-state index contributed by atoms with van der Waals surface area (Å²) in [6, 6.07) is 30.0. The lowest BCUT2D eigenvalue weighted by Gasteiger charge is -2.44. The molecule has 1 fully saturated rings. The Hall–Kier alpha value is -2.58. The number of hydrogen-bond donors (Lipinski definition) is 1. The molecule has 5 atom stereocenters. The Bertz CT molecular complexity index is 1060. The summed E-state index contributed by atoms with van der Waals surface area (Å²) in [5.74, 6) is 0. The third-order valence-electron chi connectivity index (χ3n) is 7.36. The summed E-state index contributed by atoms with van der Waals surface area (Å²) in [5, 5.41) is 11.5. The molecule has 1 aliphatic rings. The van der Waals surface area contributed by atoms with Crippen LogP contribution in [-0.4, -0.2) is 49.0 Å². The van der Waals surface area contributed by atoms with Crippen molar-refractivity contribution in [1.29, 1.82) is 0 Å². The second-order valence-corrected chi connectivity index (χ2v) is 10.7. The van der Waals surface area contributed by atoms with Crippen LogP contribution in [0.2, 0.25) is 0 Å². The number of hydrogen-bond acceptors (Lipinski definition) is 6. The lowest BCUT2D eigenvalue weighted by Crippen LogP contribution is -2.61. The van der Waals surface area contributed by atoms with E-state index in [9.17, 15) is 5.11 Å². The fourth-order valence-corrected chi connectivity index (χ4v) is 5.04. The number of aliphatic hydroxyl groups is 1. The summed E-state index contributed by atoms with van der Waals surface area (Å²) in [6.07, 6.45) is 3.42. The van der Waals surface area contributed by atoms with Gasteiger partial charge in [0.15, 0.2) is 6.29 Å². The van der Waals surface area contributed by atoms with Crippen molar-refractivity contribution >= 4 is 0 Å². The Balaban J connectivity index is 1.45. The summed E-state index contributed by atoms with van der Waals surface area (Å²) in [7, 11) is 0. The van der Waals surface area contributed by atoms with Crippen LogP contribution < -0.4 is 0 Å². The van der Waals surface area contributed by atoms with Crippen LogP contribution in [0.3, 0.4) is 0 Å². The number of rotatable bonds is 18. The number of aliphatic hydroxyl groups excluding tert-OH is 1. The molecule has 0 radical (unpaired) electrons. The molecule has 0 spiro atoms. The maximum atomic E-state index is 11.5. The van der Waals surface area contributed by atoms with Crippen molar-refractivity contribution < 1.29 is 28.8 Å². The first-order valence-corrected chi connectivity index (χ1v) is 15.1. The van der Waals surface area contributed by atoms with Crippen molar-refractivity contribution in [3.8, 4) is 0 Å². The van der Waals surface area contributed by atoms with Crippen molar-refractivity contribution in [2.24, 2.45) is 0 Å². The molecule has 0 aliphatic carbocycles. The highest BCUT2D eigenvalue weighted by Gasteiger charge is 2.47. The van der Waals surface area contributed by atoms with Crippen molar-refractivity contribution in [3.05, 3.63) is 108 Å². The van der Waals surface area contributed by atoms with Gasteiger partial charge in [-0.05, 0) is 23.1 Å². The normalized spacial score (nSPS) is 22.5. The molecule has 3 aromatic carbocycles. The van der Waals surface area contributed by atoms with E-state index in [1.54, 1.807) is 0 Å². The van der Waals surface area contributed by atoms with E-state index < -0.39 is 30.7 Å². The molecule has 0 unspecified atom stereocenters. The zero-order valence-electron chi connectivity index (χ0n) is 24.3. The van der Waals surface area contributed by atoms with Crippen molar-refractivity contribution in [2.75, 3.05) is 13.2 Å². The van der Waals surface area contributed by atoms with E-state index in [0.29, 0.717) is 26.4 Å². The zero-order valence-corrected chi connectivity index (χ0v) is 24.3. The van der Waals surface area contributed by atoms with E-state index in [2.05, 4.69) is 6.92 Å². The highest BCUT2D eigenvalue weighted by atomic mass is 16.7. The van der Waals surface area contributed by atoms with Gasteiger partial charge < -0.3 is 28.8 Å². The van der Waals surface area contributed by atoms with Crippen molar-refractivity contribution in [3.63, 3.8) is 0 Å². The molecule has 1 aliphatic heterocycles. The molecule has 1 heterocycles. The summed E-state index contributed by atoms with van der Waals surface area (Å²) in [5.41, 5.74) is 3.14. The van der Waals surface area contributed by atoms with E-state index in [4.69, 9.17) is 23.7 Å². The van der Waals surface area contributed by atoms with Crippen LogP contribution in [0.4, 0.5) is 0 Å². The lowest BCUT2D eigenvalue weighted by molar-refractivity contribution is -0.319. The molecular formula is C35H46O6. The SMILES string of the molecule is CCCCCCCCO[C@@H]1O[C@H](COCc2ccccc2)[C@H](OCc2ccccc2)[C@H](OCc2ccccc2)[C@H]1O. The Kier molecular flexibility index (Phi) is 13.8. The molecule has 3 aromatic rings. The molecule has 222 valence electrons. The zero-order chi connectivity index (χ0) is 28.5. The first-order valence-electron chi connectivity index (χ1n) is 15.1. The van der Waals surface area contributed by atoms with Crippen LogP contribution in [0.5, 0.6) is 0 Å². The Morgan fingerprint density at radius 1 is 0.610 bits per heavy atom. The van der Waals surface area contributed by atoms with Gasteiger partial charge in [-0.3, -0.25) is 0 Å². The third-order valence-corrected chi connectivity index (χ3v) is 7.36. The second kappa shape index (κ2) is 18.1. The first-order chi connectivity index (χ1) is 20.2. The Labute approximate surface area is 245 Å². The summed E-state index contributed by atoms with van der Waals surface area (Å²) >= 11 is 0. The number of benzene rings is 3. The van der Waals surface area contributed by atoms with Crippen LogP contribution in [0.1, 0.15) is 62.1 Å². The minimum Gasteiger partial charge on any atom is -0.385 e. The van der Waals surface area contributed by atoms with Gasteiger partial charge in [0.1, 0.15) is 24.4 Å². The molecular weight excluding hydrogens is 516 g/mol. The monoisotopic (exact) mass is 562 g/mol. The second-order valence-electron chi connectivity index (χ2n) is 10.7. The van der Waals surface area contributed by atoms with Gasteiger partial charge in [0, 0.05) is 6.61 Å². The smallest absolute Gasteiger partial charge is 0.186 e. The van der Waals surface area contributed by atoms with E-state index >= 15 is 0 Å². The van der Waals surface area contributed by atoms with Crippen molar-refractivity contribution in [2.45, 2.75) is 96.0 Å². The summed E-state index contributed by atoms with van der Waals surface area (Å²) in [4.78, 5) is 0. The van der Waals surface area contributed by atoms with Gasteiger partial charge in [-0.1, -0.05) is 130 Å². The highest BCUT2D eigenvalue weighted by Crippen LogP contribution is 2.29. The average molecular weight is 563 g/mol. The molecule has 0 amide bonds. The van der Waals surface area contributed by atoms with Crippen LogP contribution in [0.15, 0.2) is 91.0 Å². The minimum atomic E-state index is -1.01. The van der Waals surface area contributed by atoms with E-state index in [1.807, 2.05) is 91.0 Å². The van der Waals surface area contributed by atoms with Crippen molar-refractivity contribution in [1.82, 2.24) is 0 Å². The van der Waals surface area contributed by atoms with Gasteiger partial charge in [-0.2, -0.15) is 0 Å². The van der Waals surface area contributed by atoms with E-state index in [1.165, 1.54) is 25.7 Å². The summed E-state index contributed by atoms with van der Waals surface area (Å²) < 4.78 is 31.4. The standard InChI is InChI=1S/C35H46O6/c1-2-3-4-5-6-16-23-38-35-32(36)34(40-26-30-21-14-9-15-22-30)33(39-25-29-19-12-8-13-20-29)31(41-35)27-37-24-28-17-10-7-11-18-28/h7-15,17-22,31-36H,2-6,16,23-27H2,1H3/t31-,32-,33+,34-,35-/m1/s1. The van der Waals surface area contributed by atoms with Gasteiger partial charge in [0.2, 0.25) is 0 Å². The highest BCUT2D eigenvalue weighted by molar-refractivity contribution is 5.15. The summed E-state index contributed by atoms with van der Waals surface area (Å²) in [6.45, 7) is 4.18. The largest absolute Gasteiger partial charge is 0.385 e. The molecule has 0 bridgehead atoms. The molecule has 6 heteroatoms. The lowest BCUT2D eigenvalue weighted by atomic mass is 9.98. The van der Waals surface area contributed by atoms with Gasteiger partial charge in [-0.15, -0.1) is 0 Å². The van der Waals surface area contributed by atoms with E-state index in [0.717, 1.165) is 29.5 Å². The molecule has 1 N–H and O–H groups in total. The topological polar surface area (TPSA) is 66.4 Å². The molecule has 41 heavy (non-hydrogen) atoms. The molecule has 0 aromatic heterocycles. The number of unbranched alkanes of at least 4 members (excludes halogenated alkanes) is 5. The third kappa shape index (κ3) is 10.6. The van der Waals surface area contributed by atoms with Crippen LogP contribution in [0.25, 0.3) is 0 Å². The Morgan fingerprint density at radius 2 is 1.12 bits per heavy atom. The number of ether oxygens (including phenoxy) is 5. The maximum Gasteiger partial charge on any atom is 0.186 e. The fraction of sp³-hybridized carbons (Fsp3) is 0.486. The Morgan fingerprint density at radius 3 is 1.71 bits per heavy atom. The molecule has 1 saturated heterocycles. The quantitative estimate of drug-likeness (QED) is 0.171. The van der Waals surface area contributed by atoms with Crippen LogP contribution in [0, 0.1) is 0 Å². The van der Waals surface area contributed by atoms with E-state index in [-0.39, 0.29) is 6.61 Å². The first kappa shape index (κ1) is 31.4. The predicted molar refractivity (Wildman–Crippen MR) is 160 cm³/mol. The van der Waals surface area contributed by atoms with Gasteiger partial charge in [0.25, 0.3) is 0 Å². The van der Waals surface area contributed by atoms with Crippen LogP contribution >= 0.6 is 0 Å². The molecule has 6 nitrogen and oxygen atoms in total. The fourth-order valence-electron chi connectivity index (χ4n) is 5.04. The molecule has 4 rings (SSSR count). The van der Waals surface area contributed by atoms with Gasteiger partial charge in [-0.25, -0.2) is 0 Å².